The number of hydrogen-bond acceptors (Lipinski definition) is 3. The van der Waals surface area contributed by atoms with E-state index in [2.05, 4.69) is 4.90 Å². The fourth-order valence-electron chi connectivity index (χ4n) is 2.53. The van der Waals surface area contributed by atoms with E-state index < -0.39 is 11.6 Å². The summed E-state index contributed by atoms with van der Waals surface area (Å²) >= 11 is 0. The second-order valence-corrected chi connectivity index (χ2v) is 5.27. The van der Waals surface area contributed by atoms with Gasteiger partial charge in [0, 0.05) is 32.3 Å². The maximum absolute atomic E-state index is 13.1. The Hall–Kier alpha value is -1.04. The van der Waals surface area contributed by atoms with Crippen molar-refractivity contribution >= 4 is 0 Å². The first kappa shape index (κ1) is 15.4. The van der Waals surface area contributed by atoms with E-state index in [4.69, 9.17) is 10.5 Å². The molecule has 0 saturated carbocycles. The lowest BCUT2D eigenvalue weighted by Gasteiger charge is -2.31. The first-order valence-electron chi connectivity index (χ1n) is 7.16. The van der Waals surface area contributed by atoms with E-state index >= 15 is 0 Å². The molecule has 1 aliphatic heterocycles. The summed E-state index contributed by atoms with van der Waals surface area (Å²) in [5.74, 6) is -1.03. The van der Waals surface area contributed by atoms with Crippen LogP contribution in [0.5, 0.6) is 0 Å². The smallest absolute Gasteiger partial charge is 0.126 e. The van der Waals surface area contributed by atoms with Gasteiger partial charge in [-0.3, -0.25) is 4.90 Å². The summed E-state index contributed by atoms with van der Waals surface area (Å²) in [6.45, 7) is 3.75. The van der Waals surface area contributed by atoms with E-state index in [1.165, 1.54) is 12.1 Å². The lowest BCUT2D eigenvalue weighted by atomic mass is 10.1. The second kappa shape index (κ2) is 7.67. The molecule has 0 atom stereocenters. The predicted octanol–water partition coefficient (Wildman–Crippen LogP) is 2.29. The minimum atomic E-state index is -0.514. The first-order valence-corrected chi connectivity index (χ1v) is 7.16. The molecular weight excluding hydrogens is 262 g/mol. The van der Waals surface area contributed by atoms with E-state index in [1.54, 1.807) is 0 Å². The van der Waals surface area contributed by atoms with Gasteiger partial charge < -0.3 is 10.5 Å². The highest BCUT2D eigenvalue weighted by atomic mass is 19.1. The van der Waals surface area contributed by atoms with Gasteiger partial charge in [-0.05, 0) is 43.5 Å². The quantitative estimate of drug-likeness (QED) is 0.815. The normalized spacial score (nSPS) is 17.6. The molecular formula is C15H22F2N2O. The van der Waals surface area contributed by atoms with Crippen LogP contribution in [-0.2, 0) is 11.3 Å². The maximum atomic E-state index is 13.1. The zero-order valence-electron chi connectivity index (χ0n) is 11.7. The molecule has 0 spiro atoms. The summed E-state index contributed by atoms with van der Waals surface area (Å²) in [4.78, 5) is 2.21. The zero-order chi connectivity index (χ0) is 14.4. The number of halogens is 2. The highest BCUT2D eigenvalue weighted by Crippen LogP contribution is 2.17. The van der Waals surface area contributed by atoms with Gasteiger partial charge in [0.15, 0.2) is 0 Å². The number of hydrogen-bond donors (Lipinski definition) is 1. The van der Waals surface area contributed by atoms with Gasteiger partial charge in [0.05, 0.1) is 6.10 Å². The van der Waals surface area contributed by atoms with Crippen molar-refractivity contribution in [1.82, 2.24) is 4.90 Å². The van der Waals surface area contributed by atoms with Crippen molar-refractivity contribution in [2.75, 3.05) is 26.2 Å². The minimum absolute atomic E-state index is 0.294. The van der Waals surface area contributed by atoms with Crippen LogP contribution < -0.4 is 5.73 Å². The number of rotatable bonds is 6. The Morgan fingerprint density at radius 3 is 2.40 bits per heavy atom. The van der Waals surface area contributed by atoms with Crippen molar-refractivity contribution in [3.8, 4) is 0 Å². The van der Waals surface area contributed by atoms with Gasteiger partial charge in [0.1, 0.15) is 11.6 Å². The van der Waals surface area contributed by atoms with Crippen molar-refractivity contribution in [3.63, 3.8) is 0 Å². The zero-order valence-corrected chi connectivity index (χ0v) is 11.7. The number of nitrogens with zero attached hydrogens (tertiary/aromatic N) is 1. The topological polar surface area (TPSA) is 38.5 Å². The van der Waals surface area contributed by atoms with Crippen LogP contribution in [0, 0.1) is 11.6 Å². The Labute approximate surface area is 118 Å². The van der Waals surface area contributed by atoms with Crippen LogP contribution >= 0.6 is 0 Å². The van der Waals surface area contributed by atoms with E-state index in [-0.39, 0.29) is 0 Å². The molecule has 5 heteroatoms. The molecule has 1 aromatic carbocycles. The highest BCUT2D eigenvalue weighted by molar-refractivity contribution is 5.17. The number of benzene rings is 1. The molecule has 1 heterocycles. The van der Waals surface area contributed by atoms with Crippen LogP contribution in [0.2, 0.25) is 0 Å². The van der Waals surface area contributed by atoms with Crippen LogP contribution in [0.3, 0.4) is 0 Å². The summed E-state index contributed by atoms with van der Waals surface area (Å²) in [5.41, 5.74) is 6.11. The summed E-state index contributed by atoms with van der Waals surface area (Å²) in [6, 6.07) is 3.70. The summed E-state index contributed by atoms with van der Waals surface area (Å²) < 4.78 is 32.0. The molecule has 2 N–H and O–H groups in total. The molecule has 1 saturated heterocycles. The summed E-state index contributed by atoms with van der Waals surface area (Å²) in [7, 11) is 0. The molecule has 2 rings (SSSR count). The number of likely N-dealkylation sites (tertiary alicyclic amines) is 1. The third-order valence-corrected chi connectivity index (χ3v) is 3.57. The molecule has 1 fully saturated rings. The highest BCUT2D eigenvalue weighted by Gasteiger charge is 2.19. The first-order chi connectivity index (χ1) is 9.67. The lowest BCUT2D eigenvalue weighted by Crippen LogP contribution is -2.36. The van der Waals surface area contributed by atoms with Crippen LogP contribution in [0.15, 0.2) is 18.2 Å². The average molecular weight is 284 g/mol. The third-order valence-electron chi connectivity index (χ3n) is 3.57. The van der Waals surface area contributed by atoms with Gasteiger partial charge in [-0.2, -0.15) is 0 Å². The molecule has 0 unspecified atom stereocenters. The van der Waals surface area contributed by atoms with E-state index in [0.29, 0.717) is 24.8 Å². The molecule has 0 aliphatic carbocycles. The van der Waals surface area contributed by atoms with Gasteiger partial charge in [0.25, 0.3) is 0 Å². The number of nitrogens with two attached hydrogens (primary N) is 1. The maximum Gasteiger partial charge on any atom is 0.126 e. The molecule has 1 aliphatic rings. The second-order valence-electron chi connectivity index (χ2n) is 5.27. The monoisotopic (exact) mass is 284 g/mol. The summed E-state index contributed by atoms with van der Waals surface area (Å²) in [6.07, 6.45) is 3.11. The molecule has 20 heavy (non-hydrogen) atoms. The molecule has 0 aromatic heterocycles. The van der Waals surface area contributed by atoms with Gasteiger partial charge in [-0.25, -0.2) is 8.78 Å². The molecule has 0 radical (unpaired) electrons. The predicted molar refractivity (Wildman–Crippen MR) is 74.3 cm³/mol. The number of piperidine rings is 1. The van der Waals surface area contributed by atoms with Crippen LogP contribution in [0.25, 0.3) is 0 Å². The van der Waals surface area contributed by atoms with Crippen molar-refractivity contribution in [2.45, 2.75) is 31.9 Å². The SMILES string of the molecule is NCCCOC1CCN(Cc2cc(F)cc(F)c2)CC1. The Bertz CT molecular complexity index is 400. The van der Waals surface area contributed by atoms with E-state index in [9.17, 15) is 8.78 Å². The minimum Gasteiger partial charge on any atom is -0.378 e. The van der Waals surface area contributed by atoms with Crippen molar-refractivity contribution in [3.05, 3.63) is 35.4 Å². The molecule has 3 nitrogen and oxygen atoms in total. The van der Waals surface area contributed by atoms with Crippen LogP contribution in [-0.4, -0.2) is 37.2 Å². The van der Waals surface area contributed by atoms with Crippen LogP contribution in [0.4, 0.5) is 8.78 Å². The number of ether oxygens (including phenoxy) is 1. The third kappa shape index (κ3) is 4.81. The van der Waals surface area contributed by atoms with Gasteiger partial charge >= 0.3 is 0 Å². The Balaban J connectivity index is 1.76. The molecule has 112 valence electrons. The largest absolute Gasteiger partial charge is 0.378 e. The van der Waals surface area contributed by atoms with Crippen LogP contribution in [0.1, 0.15) is 24.8 Å². The van der Waals surface area contributed by atoms with Crippen molar-refractivity contribution in [1.29, 1.82) is 0 Å². The Kier molecular flexibility index (Phi) is 5.88. The Morgan fingerprint density at radius 2 is 1.80 bits per heavy atom. The van der Waals surface area contributed by atoms with Crippen molar-refractivity contribution in [2.24, 2.45) is 5.73 Å². The van der Waals surface area contributed by atoms with E-state index in [1.807, 2.05) is 0 Å². The molecule has 0 bridgehead atoms. The van der Waals surface area contributed by atoms with E-state index in [0.717, 1.165) is 45.0 Å². The summed E-state index contributed by atoms with van der Waals surface area (Å²) in [5, 5.41) is 0. The van der Waals surface area contributed by atoms with Gasteiger partial charge in [-0.15, -0.1) is 0 Å². The lowest BCUT2D eigenvalue weighted by molar-refractivity contribution is 0.00560. The van der Waals surface area contributed by atoms with Gasteiger partial charge in [-0.1, -0.05) is 0 Å². The average Bonchev–Trinajstić information content (AvgIpc) is 2.40. The molecule has 0 amide bonds. The standard InChI is InChI=1S/C15H22F2N2O/c16-13-8-12(9-14(17)10-13)11-19-5-2-15(3-6-19)20-7-1-4-18/h8-10,15H,1-7,11,18H2. The Morgan fingerprint density at radius 1 is 1.15 bits per heavy atom. The fraction of sp³-hybridized carbons (Fsp3) is 0.600. The fourth-order valence-corrected chi connectivity index (χ4v) is 2.53. The van der Waals surface area contributed by atoms with Gasteiger partial charge in [0.2, 0.25) is 0 Å². The molecule has 1 aromatic rings. The van der Waals surface area contributed by atoms with Crippen molar-refractivity contribution < 1.29 is 13.5 Å².